The number of aliphatic hydroxyl groups is 2. The number of carbonyl (C=O) groups excluding carboxylic acids is 6. The van der Waals surface area contributed by atoms with Crippen LogP contribution in [0.4, 0.5) is 4.79 Å². The zero-order chi connectivity index (χ0) is 43.0. The molecule has 16 nitrogen and oxygen atoms in total. The molecule has 4 N–H and O–H groups in total. The third-order valence-corrected chi connectivity index (χ3v) is 12.9. The van der Waals surface area contributed by atoms with Gasteiger partial charge in [0.1, 0.15) is 36.2 Å². The van der Waals surface area contributed by atoms with Crippen molar-refractivity contribution in [1.82, 2.24) is 10.6 Å². The van der Waals surface area contributed by atoms with Gasteiger partial charge in [-0.2, -0.15) is 0 Å². The molecule has 16 heteroatoms. The molecule has 3 fully saturated rings. The molecule has 58 heavy (non-hydrogen) atoms. The highest BCUT2D eigenvalue weighted by atomic mass is 16.6. The van der Waals surface area contributed by atoms with Crippen LogP contribution in [0.3, 0.4) is 0 Å². The van der Waals surface area contributed by atoms with Crippen molar-refractivity contribution >= 4 is 35.7 Å². The zero-order valence-electron chi connectivity index (χ0n) is 34.7. The van der Waals surface area contributed by atoms with Crippen molar-refractivity contribution in [3.05, 3.63) is 47.0 Å². The van der Waals surface area contributed by atoms with E-state index in [0.29, 0.717) is 23.1 Å². The van der Waals surface area contributed by atoms with Crippen molar-refractivity contribution in [3.8, 4) is 0 Å². The molecule has 2 bridgehead atoms. The van der Waals surface area contributed by atoms with Gasteiger partial charge >= 0.3 is 24.0 Å². The molecule has 1 aliphatic heterocycles. The second-order valence-corrected chi connectivity index (χ2v) is 16.7. The third kappa shape index (κ3) is 7.75. The fraction of sp³-hybridized carbons (Fsp3) is 0.667. The normalized spacial score (nSPS) is 33.3. The van der Waals surface area contributed by atoms with Crippen molar-refractivity contribution < 1.29 is 67.4 Å². The third-order valence-electron chi connectivity index (χ3n) is 12.9. The molecule has 1 aromatic carbocycles. The molecule has 0 radical (unpaired) electrons. The number of Topliss-reactive ketones (excluding diaryl/α,β-unsaturated/α-hetero) is 1. The fourth-order valence-electron chi connectivity index (χ4n) is 9.99. The van der Waals surface area contributed by atoms with Crippen molar-refractivity contribution in [1.29, 1.82) is 0 Å². The van der Waals surface area contributed by atoms with Gasteiger partial charge in [0.05, 0.1) is 30.8 Å². The van der Waals surface area contributed by atoms with Crippen LogP contribution in [0.1, 0.15) is 92.7 Å². The average molecular weight is 815 g/mol. The minimum absolute atomic E-state index is 0.0000711. The second kappa shape index (κ2) is 17.1. The van der Waals surface area contributed by atoms with E-state index in [0.717, 1.165) is 6.42 Å². The maximum Gasteiger partial charge on any atom is 0.407 e. The number of hydrogen-bond donors (Lipinski definition) is 4. The van der Waals surface area contributed by atoms with E-state index in [1.54, 1.807) is 65.0 Å². The Bertz CT molecular complexity index is 1800. The number of alkyl carbamates (subject to hydrolysis) is 1. The molecule has 3 aliphatic carbocycles. The predicted molar refractivity (Wildman–Crippen MR) is 204 cm³/mol. The number of benzene rings is 1. The number of esters is 3. The summed E-state index contributed by atoms with van der Waals surface area (Å²) in [6.45, 7) is 12.2. The van der Waals surface area contributed by atoms with Gasteiger partial charge in [0.2, 0.25) is 12.0 Å². The van der Waals surface area contributed by atoms with Crippen molar-refractivity contribution in [2.45, 2.75) is 129 Å². The van der Waals surface area contributed by atoms with Crippen LogP contribution in [-0.4, -0.2) is 114 Å². The molecule has 3 unspecified atom stereocenters. The van der Waals surface area contributed by atoms with E-state index < -0.39 is 107 Å². The van der Waals surface area contributed by atoms with E-state index in [2.05, 4.69) is 10.6 Å². The molecular weight excluding hydrogens is 756 g/mol. The summed E-state index contributed by atoms with van der Waals surface area (Å²) >= 11 is 0. The Hall–Kier alpha value is -4.38. The topological polar surface area (TPSA) is 222 Å². The van der Waals surface area contributed by atoms with Crippen LogP contribution < -0.4 is 10.6 Å². The van der Waals surface area contributed by atoms with E-state index in [9.17, 15) is 34.2 Å². The van der Waals surface area contributed by atoms with Crippen LogP contribution in [0.25, 0.3) is 0 Å². The fourth-order valence-corrected chi connectivity index (χ4v) is 9.99. The Labute approximate surface area is 338 Å². The van der Waals surface area contributed by atoms with E-state index >= 15 is 4.79 Å². The molecule has 1 saturated heterocycles. The van der Waals surface area contributed by atoms with Crippen LogP contribution in [-0.2, 0) is 52.4 Å². The second-order valence-electron chi connectivity index (χ2n) is 16.7. The zero-order valence-corrected chi connectivity index (χ0v) is 34.7. The number of hydrogen-bond acceptors (Lipinski definition) is 14. The van der Waals surface area contributed by atoms with Gasteiger partial charge in [-0.3, -0.25) is 19.2 Å². The van der Waals surface area contributed by atoms with E-state index in [4.69, 9.17) is 28.4 Å². The molecule has 11 atom stereocenters. The first-order valence-electron chi connectivity index (χ1n) is 19.8. The molecule has 1 aromatic rings. The van der Waals surface area contributed by atoms with Crippen LogP contribution in [0, 0.1) is 22.7 Å². The van der Waals surface area contributed by atoms with Gasteiger partial charge in [-0.15, -0.1) is 0 Å². The standard InChI is InChI=1S/C42H58N2O14/c1-10-11-17-54-38(51)44-32(26-15-13-12-14-16-26)33(57-30(48)20-43-24(4)45)37(50)56-27-19-42(52)36(53-9)34-40(8,35(49)23(3)31(22(27)2)39(42,6)7)28(47)18-29-41(34,21-55-29)58-25(5)46/h12-16,23,27-29,32-34,36,47,52H,10-11,17-21H2,1-9H3,(H,43,45)(H,44,51)/t23-,27+,28+,29?,32+,33-,34?,36+,40?,41+,42-/m1/s1. The lowest BCUT2D eigenvalue weighted by Gasteiger charge is -2.68. The summed E-state index contributed by atoms with van der Waals surface area (Å²) in [5.74, 6) is -5.77. The number of carbonyl (C=O) groups is 6. The quantitative estimate of drug-likeness (QED) is 0.0974. The van der Waals surface area contributed by atoms with E-state index in [1.165, 1.54) is 21.0 Å². The van der Waals surface area contributed by atoms with Gasteiger partial charge in [-0.05, 0) is 37.0 Å². The Kier molecular flexibility index (Phi) is 13.2. The number of aliphatic hydroxyl groups excluding tert-OH is 1. The number of amides is 2. The molecule has 4 aliphatic rings. The lowest BCUT2D eigenvalue weighted by molar-refractivity contribution is -0.348. The number of ketones is 1. The van der Waals surface area contributed by atoms with Crippen molar-refractivity contribution in [2.75, 3.05) is 26.9 Å². The molecule has 0 spiro atoms. The van der Waals surface area contributed by atoms with Crippen LogP contribution in [0.5, 0.6) is 0 Å². The number of rotatable bonds is 13. The summed E-state index contributed by atoms with van der Waals surface area (Å²) in [5, 5.41) is 30.1. The first-order chi connectivity index (χ1) is 27.2. The first-order valence-corrected chi connectivity index (χ1v) is 19.8. The predicted octanol–water partition coefficient (Wildman–Crippen LogP) is 3.01. The molecule has 2 saturated carbocycles. The summed E-state index contributed by atoms with van der Waals surface area (Å²) in [5.41, 5.74) is -5.00. The molecule has 2 amide bonds. The smallest absolute Gasteiger partial charge is 0.407 e. The van der Waals surface area contributed by atoms with Crippen LogP contribution >= 0.6 is 0 Å². The summed E-state index contributed by atoms with van der Waals surface area (Å²) < 4.78 is 35.4. The Morgan fingerprint density at radius 1 is 1.07 bits per heavy atom. The van der Waals surface area contributed by atoms with Gasteiger partial charge in [-0.1, -0.05) is 64.4 Å². The summed E-state index contributed by atoms with van der Waals surface area (Å²) in [6.07, 6.45) is -6.33. The molecule has 5 rings (SSSR count). The number of methoxy groups -OCH3 is 1. The van der Waals surface area contributed by atoms with Gasteiger partial charge in [0.25, 0.3) is 0 Å². The van der Waals surface area contributed by atoms with Crippen molar-refractivity contribution in [2.24, 2.45) is 22.7 Å². The number of unbranched alkanes of at least 4 members (excludes halogenated alkanes) is 1. The molecule has 1 heterocycles. The highest BCUT2D eigenvalue weighted by molar-refractivity contribution is 5.91. The maximum absolute atomic E-state index is 15.0. The average Bonchev–Trinajstić information content (AvgIpc) is 3.16. The minimum atomic E-state index is -1.97. The van der Waals surface area contributed by atoms with Gasteiger partial charge < -0.3 is 49.3 Å². The summed E-state index contributed by atoms with van der Waals surface area (Å²) in [7, 11) is 1.36. The molecular formula is C42H58N2O14. The monoisotopic (exact) mass is 814 g/mol. The highest BCUT2D eigenvalue weighted by Gasteiger charge is 2.76. The number of nitrogens with one attached hydrogen (secondary N) is 2. The van der Waals surface area contributed by atoms with E-state index in [1.807, 2.05) is 6.92 Å². The number of ether oxygens (including phenoxy) is 6. The van der Waals surface area contributed by atoms with Gasteiger partial charge in [-0.25, -0.2) is 9.59 Å². The SMILES string of the molecule is CCCCOC(=O)N[C@@H](c1ccccc1)[C@@H](OC(=O)CNC(C)=O)C(=O)O[C@H]1C[C@@]2(O)[C@@H](OC)C3C(C)(C(=O)[C@H](C)C(=C1C)C2(C)C)[C@@H](O)CC1OC[C@]13OC(C)=O. The highest BCUT2D eigenvalue weighted by Crippen LogP contribution is 2.64. The summed E-state index contributed by atoms with van der Waals surface area (Å²) in [6, 6.07) is 6.91. The van der Waals surface area contributed by atoms with Crippen LogP contribution in [0.15, 0.2) is 41.5 Å². The first kappa shape index (κ1) is 44.7. The van der Waals surface area contributed by atoms with Gasteiger partial charge in [0, 0.05) is 51.0 Å². The molecule has 0 aromatic heterocycles. The lowest BCUT2D eigenvalue weighted by Crippen LogP contribution is -2.81. The lowest BCUT2D eigenvalue weighted by atomic mass is 9.43. The maximum atomic E-state index is 15.0. The Morgan fingerprint density at radius 2 is 1.74 bits per heavy atom. The van der Waals surface area contributed by atoms with Crippen LogP contribution in [0.2, 0.25) is 0 Å². The molecule has 320 valence electrons. The Balaban J connectivity index is 1.62. The number of fused-ring (bicyclic) bond motifs is 5. The largest absolute Gasteiger partial charge is 0.455 e. The van der Waals surface area contributed by atoms with Gasteiger partial charge in [0.15, 0.2) is 5.60 Å². The van der Waals surface area contributed by atoms with E-state index in [-0.39, 0.29) is 31.8 Å². The Morgan fingerprint density at radius 3 is 2.31 bits per heavy atom. The summed E-state index contributed by atoms with van der Waals surface area (Å²) in [4.78, 5) is 80.3. The van der Waals surface area contributed by atoms with Crippen molar-refractivity contribution in [3.63, 3.8) is 0 Å². The minimum Gasteiger partial charge on any atom is -0.455 e.